The molecule has 0 bridgehead atoms. The summed E-state index contributed by atoms with van der Waals surface area (Å²) in [5, 5.41) is 6.54. The number of carbonyl (C=O) groups excluding carboxylic acids is 1. The van der Waals surface area contributed by atoms with Crippen LogP contribution in [0.3, 0.4) is 0 Å². The highest BCUT2D eigenvalue weighted by molar-refractivity contribution is 14.1. The van der Waals surface area contributed by atoms with Gasteiger partial charge in [-0.15, -0.1) is 0 Å². The van der Waals surface area contributed by atoms with E-state index in [0.717, 1.165) is 8.14 Å². The lowest BCUT2D eigenvalue weighted by atomic mass is 10.2. The van der Waals surface area contributed by atoms with Gasteiger partial charge in [-0.2, -0.15) is 0 Å². The molecule has 8 nitrogen and oxygen atoms in total. The summed E-state index contributed by atoms with van der Waals surface area (Å²) in [4.78, 5) is 24.4. The van der Waals surface area contributed by atoms with Gasteiger partial charge in [-0.25, -0.2) is 9.36 Å². The summed E-state index contributed by atoms with van der Waals surface area (Å²) >= 11 is 2.15. The molecule has 0 aliphatic carbocycles. The molecule has 1 aromatic heterocycles. The third kappa shape index (κ3) is 4.30. The van der Waals surface area contributed by atoms with Crippen molar-refractivity contribution in [3.8, 4) is 22.9 Å². The van der Waals surface area contributed by atoms with Crippen LogP contribution in [0, 0.1) is 3.57 Å². The van der Waals surface area contributed by atoms with Gasteiger partial charge in [0.1, 0.15) is 6.54 Å². The van der Waals surface area contributed by atoms with E-state index in [0.29, 0.717) is 22.7 Å². The monoisotopic (exact) mass is 481 g/mol. The Morgan fingerprint density at radius 1 is 1.19 bits per heavy atom. The van der Waals surface area contributed by atoms with E-state index < -0.39 is 5.76 Å². The molecule has 0 saturated heterocycles. The maximum atomic E-state index is 12.4. The summed E-state index contributed by atoms with van der Waals surface area (Å²) in [6.45, 7) is -0.239. The standard InChI is InChI=1S/C18H16IN3O5/c1-25-14-7-6-11(8-15(14)26-2)17-21-27-18(24)22(17)10-16(23)20-13-5-3-4-12(19)9-13/h3-9H,10H2,1-2H3,(H,20,23). The molecule has 0 unspecified atom stereocenters. The number of carbonyl (C=O) groups is 1. The number of anilines is 1. The van der Waals surface area contributed by atoms with Crippen molar-refractivity contribution in [3.63, 3.8) is 0 Å². The van der Waals surface area contributed by atoms with Crippen molar-refractivity contribution < 1.29 is 18.8 Å². The van der Waals surface area contributed by atoms with Crippen LogP contribution in [0.5, 0.6) is 11.5 Å². The van der Waals surface area contributed by atoms with E-state index in [1.165, 1.54) is 14.2 Å². The van der Waals surface area contributed by atoms with Gasteiger partial charge in [0.25, 0.3) is 0 Å². The predicted octanol–water partition coefficient (Wildman–Crippen LogP) is 2.76. The van der Waals surface area contributed by atoms with E-state index in [9.17, 15) is 9.59 Å². The molecule has 9 heteroatoms. The minimum absolute atomic E-state index is 0.221. The van der Waals surface area contributed by atoms with Crippen molar-refractivity contribution in [2.24, 2.45) is 0 Å². The Labute approximate surface area is 168 Å². The fraction of sp³-hybridized carbons (Fsp3) is 0.167. The summed E-state index contributed by atoms with van der Waals surface area (Å²) in [6.07, 6.45) is 0. The molecule has 0 radical (unpaired) electrons. The molecule has 1 N–H and O–H groups in total. The van der Waals surface area contributed by atoms with Crippen LogP contribution in [0.1, 0.15) is 0 Å². The predicted molar refractivity (Wildman–Crippen MR) is 107 cm³/mol. The first kappa shape index (κ1) is 19.0. The summed E-state index contributed by atoms with van der Waals surface area (Å²) in [6, 6.07) is 12.4. The molecular formula is C18H16IN3O5. The number of aromatic nitrogens is 2. The van der Waals surface area contributed by atoms with Gasteiger partial charge in [-0.3, -0.25) is 9.32 Å². The molecular weight excluding hydrogens is 465 g/mol. The number of halogens is 1. The lowest BCUT2D eigenvalue weighted by molar-refractivity contribution is -0.116. The van der Waals surface area contributed by atoms with E-state index in [4.69, 9.17) is 14.0 Å². The third-order valence-corrected chi connectivity index (χ3v) is 4.41. The molecule has 0 atom stereocenters. The Hall–Kier alpha value is -2.82. The van der Waals surface area contributed by atoms with Gasteiger partial charge in [0.15, 0.2) is 17.3 Å². The third-order valence-electron chi connectivity index (χ3n) is 3.74. The molecule has 0 fully saturated rings. The van der Waals surface area contributed by atoms with Crippen molar-refractivity contribution >= 4 is 34.2 Å². The fourth-order valence-corrected chi connectivity index (χ4v) is 3.04. The lowest BCUT2D eigenvalue weighted by Gasteiger charge is -2.10. The first-order valence-corrected chi connectivity index (χ1v) is 8.94. The van der Waals surface area contributed by atoms with Gasteiger partial charge in [0.2, 0.25) is 5.91 Å². The van der Waals surface area contributed by atoms with Crippen molar-refractivity contribution in [1.82, 2.24) is 9.72 Å². The first-order chi connectivity index (χ1) is 13.0. The zero-order valence-electron chi connectivity index (χ0n) is 14.6. The molecule has 27 heavy (non-hydrogen) atoms. The number of nitrogens with one attached hydrogen (secondary N) is 1. The van der Waals surface area contributed by atoms with E-state index >= 15 is 0 Å². The van der Waals surface area contributed by atoms with Crippen molar-refractivity contribution in [2.75, 3.05) is 19.5 Å². The number of hydrogen-bond donors (Lipinski definition) is 1. The van der Waals surface area contributed by atoms with Crippen LogP contribution in [0.2, 0.25) is 0 Å². The van der Waals surface area contributed by atoms with Gasteiger partial charge in [0, 0.05) is 14.8 Å². The van der Waals surface area contributed by atoms with Crippen LogP contribution in [0.15, 0.2) is 51.8 Å². The highest BCUT2D eigenvalue weighted by Crippen LogP contribution is 2.31. The minimum Gasteiger partial charge on any atom is -0.493 e. The molecule has 0 aliphatic rings. The Bertz CT molecular complexity index is 1030. The Balaban J connectivity index is 1.87. The maximum absolute atomic E-state index is 12.4. The van der Waals surface area contributed by atoms with Gasteiger partial charge in [-0.05, 0) is 59.0 Å². The number of benzene rings is 2. The molecule has 3 rings (SSSR count). The highest BCUT2D eigenvalue weighted by atomic mass is 127. The first-order valence-electron chi connectivity index (χ1n) is 7.86. The second-order valence-electron chi connectivity index (χ2n) is 5.49. The lowest BCUT2D eigenvalue weighted by Crippen LogP contribution is -2.25. The van der Waals surface area contributed by atoms with Crippen LogP contribution in [-0.2, 0) is 11.3 Å². The topological polar surface area (TPSA) is 95.6 Å². The fourth-order valence-electron chi connectivity index (χ4n) is 2.50. The number of nitrogens with zero attached hydrogens (tertiary/aromatic N) is 2. The summed E-state index contributed by atoms with van der Waals surface area (Å²) < 4.78 is 17.4. The molecule has 3 aromatic rings. The normalized spacial score (nSPS) is 10.5. The highest BCUT2D eigenvalue weighted by Gasteiger charge is 2.18. The van der Waals surface area contributed by atoms with Gasteiger partial charge in [-0.1, -0.05) is 11.2 Å². The van der Waals surface area contributed by atoms with E-state index in [1.54, 1.807) is 24.3 Å². The zero-order chi connectivity index (χ0) is 19.4. The average molecular weight is 481 g/mol. The summed E-state index contributed by atoms with van der Waals surface area (Å²) in [5.41, 5.74) is 1.20. The maximum Gasteiger partial charge on any atom is 0.442 e. The molecule has 140 valence electrons. The average Bonchev–Trinajstić information content (AvgIpc) is 3.01. The molecule has 1 amide bonds. The molecule has 2 aromatic carbocycles. The van der Waals surface area contributed by atoms with Crippen LogP contribution in [0.25, 0.3) is 11.4 Å². The quantitative estimate of drug-likeness (QED) is 0.545. The second kappa shape index (κ2) is 8.25. The Morgan fingerprint density at radius 2 is 1.96 bits per heavy atom. The second-order valence-corrected chi connectivity index (χ2v) is 6.73. The molecule has 0 saturated carbocycles. The molecule has 1 heterocycles. The number of amides is 1. The van der Waals surface area contributed by atoms with Gasteiger partial charge >= 0.3 is 5.76 Å². The smallest absolute Gasteiger partial charge is 0.442 e. The zero-order valence-corrected chi connectivity index (χ0v) is 16.7. The van der Waals surface area contributed by atoms with Crippen LogP contribution >= 0.6 is 22.6 Å². The molecule has 0 aliphatic heterocycles. The number of rotatable bonds is 6. The van der Waals surface area contributed by atoms with Crippen LogP contribution < -0.4 is 20.5 Å². The van der Waals surface area contributed by atoms with E-state index in [1.807, 2.05) is 18.2 Å². The van der Waals surface area contributed by atoms with E-state index in [-0.39, 0.29) is 18.3 Å². The number of ether oxygens (including phenoxy) is 2. The largest absolute Gasteiger partial charge is 0.493 e. The van der Waals surface area contributed by atoms with Crippen molar-refractivity contribution in [3.05, 3.63) is 56.6 Å². The minimum atomic E-state index is -0.724. The van der Waals surface area contributed by atoms with E-state index in [2.05, 4.69) is 33.1 Å². The van der Waals surface area contributed by atoms with Crippen molar-refractivity contribution in [1.29, 1.82) is 0 Å². The van der Waals surface area contributed by atoms with Crippen LogP contribution in [0.4, 0.5) is 5.69 Å². The summed E-state index contributed by atoms with van der Waals surface area (Å²) in [5.74, 6) is 0.135. The Kier molecular flexibility index (Phi) is 5.79. The van der Waals surface area contributed by atoms with Crippen molar-refractivity contribution in [2.45, 2.75) is 6.54 Å². The van der Waals surface area contributed by atoms with Crippen LogP contribution in [-0.4, -0.2) is 29.9 Å². The number of hydrogen-bond acceptors (Lipinski definition) is 6. The SMILES string of the molecule is COc1ccc(-c2noc(=O)n2CC(=O)Nc2cccc(I)c2)cc1OC. The van der Waals surface area contributed by atoms with Gasteiger partial charge in [0.05, 0.1) is 14.2 Å². The molecule has 0 spiro atoms. The summed E-state index contributed by atoms with van der Waals surface area (Å²) in [7, 11) is 3.03. The number of methoxy groups -OCH3 is 2. The van der Waals surface area contributed by atoms with Gasteiger partial charge < -0.3 is 14.8 Å². The Morgan fingerprint density at radius 3 is 2.67 bits per heavy atom.